The SMILES string of the molecule is CCCCCCCCCCCCCCCCCCCCCCCC(=O)O[C@H](COC(=O)CCCCCCCCCCCCCCCCCCCCCC)CO[C@H]1O[C@H](CS(=O)(=O)O)[C@@H](O)C(O)C1O. The van der Waals surface area contributed by atoms with Gasteiger partial charge in [0.15, 0.2) is 12.4 Å². The smallest absolute Gasteiger partial charge is 0.306 e. The summed E-state index contributed by atoms with van der Waals surface area (Å²) in [6.07, 6.45) is 42.9. The molecule has 1 saturated heterocycles. The molecule has 0 bridgehead atoms. The van der Waals surface area contributed by atoms with Gasteiger partial charge >= 0.3 is 11.9 Å². The first kappa shape index (κ1) is 65.7. The second-order valence-electron chi connectivity index (χ2n) is 20.7. The van der Waals surface area contributed by atoms with Crippen molar-refractivity contribution in [2.75, 3.05) is 19.0 Å². The summed E-state index contributed by atoms with van der Waals surface area (Å²) < 4.78 is 54.4. The van der Waals surface area contributed by atoms with Crippen LogP contribution >= 0.6 is 0 Å². The molecule has 0 spiro atoms. The minimum Gasteiger partial charge on any atom is -0.462 e. The van der Waals surface area contributed by atoms with Crippen LogP contribution < -0.4 is 0 Å². The first-order chi connectivity index (χ1) is 33.5. The van der Waals surface area contributed by atoms with Crippen molar-refractivity contribution in [3.8, 4) is 0 Å². The quantitative estimate of drug-likeness (QED) is 0.0257. The molecule has 13 heteroatoms. The molecule has 6 atom stereocenters. The lowest BCUT2D eigenvalue weighted by Gasteiger charge is -2.40. The lowest BCUT2D eigenvalue weighted by atomic mass is 10.00. The van der Waals surface area contributed by atoms with Gasteiger partial charge in [-0.3, -0.25) is 14.1 Å². The van der Waals surface area contributed by atoms with Gasteiger partial charge in [-0.2, -0.15) is 8.42 Å². The highest BCUT2D eigenvalue weighted by Gasteiger charge is 2.46. The van der Waals surface area contributed by atoms with Gasteiger partial charge < -0.3 is 34.3 Å². The molecule has 0 amide bonds. The van der Waals surface area contributed by atoms with E-state index in [4.69, 9.17) is 18.9 Å². The van der Waals surface area contributed by atoms with Crippen LogP contribution in [-0.2, 0) is 38.7 Å². The van der Waals surface area contributed by atoms with Gasteiger partial charge in [0, 0.05) is 12.8 Å². The van der Waals surface area contributed by atoms with Gasteiger partial charge in [-0.05, 0) is 12.8 Å². The lowest BCUT2D eigenvalue weighted by Crippen LogP contribution is -2.60. The molecule has 1 heterocycles. The van der Waals surface area contributed by atoms with E-state index in [0.717, 1.165) is 38.5 Å². The molecule has 1 fully saturated rings. The molecule has 0 saturated carbocycles. The zero-order chi connectivity index (χ0) is 50.5. The maximum atomic E-state index is 12.9. The van der Waals surface area contributed by atoms with Gasteiger partial charge in [-0.1, -0.05) is 264 Å². The van der Waals surface area contributed by atoms with E-state index in [0.29, 0.717) is 12.8 Å². The van der Waals surface area contributed by atoms with Crippen LogP contribution in [0.1, 0.15) is 290 Å². The van der Waals surface area contributed by atoms with Crippen molar-refractivity contribution in [2.45, 2.75) is 327 Å². The molecule has 410 valence electrons. The standard InChI is InChI=1S/C56H108O12S/c1-3-5-7-9-11-13-15-17-19-21-23-25-27-29-31-33-35-37-39-41-43-45-52(58)67-49(47-66-56-55(61)54(60)53(59)50(68-56)48-69(62,63)64)46-65-51(57)44-42-40-38-36-34-32-30-28-26-24-22-20-18-16-14-12-10-8-6-4-2/h49-50,53-56,59-61H,3-48H2,1-2H3,(H,62,63,64)/t49-,50-,53-,54?,55?,56+/m1/s1. The molecule has 1 aliphatic heterocycles. The van der Waals surface area contributed by atoms with E-state index in [2.05, 4.69) is 13.8 Å². The van der Waals surface area contributed by atoms with Crippen molar-refractivity contribution in [2.24, 2.45) is 0 Å². The Bertz CT molecular complexity index is 1270. The molecule has 4 N–H and O–H groups in total. The second-order valence-corrected chi connectivity index (χ2v) is 22.2. The van der Waals surface area contributed by atoms with Crippen LogP contribution in [0.2, 0.25) is 0 Å². The van der Waals surface area contributed by atoms with Gasteiger partial charge in [0.2, 0.25) is 0 Å². The second kappa shape index (κ2) is 46.4. The Balaban J connectivity index is 2.29. The molecule has 0 aliphatic carbocycles. The van der Waals surface area contributed by atoms with Crippen LogP contribution in [0.25, 0.3) is 0 Å². The number of rotatable bonds is 51. The van der Waals surface area contributed by atoms with Gasteiger partial charge in [0.1, 0.15) is 36.8 Å². The topological polar surface area (TPSA) is 186 Å². The third kappa shape index (κ3) is 40.8. The summed E-state index contributed by atoms with van der Waals surface area (Å²) in [5.74, 6) is -1.95. The third-order valence-corrected chi connectivity index (χ3v) is 14.7. The molecule has 12 nitrogen and oxygen atoms in total. The van der Waals surface area contributed by atoms with Crippen molar-refractivity contribution >= 4 is 22.1 Å². The number of aliphatic hydroxyl groups is 3. The Morgan fingerprint density at radius 1 is 0.435 bits per heavy atom. The highest BCUT2D eigenvalue weighted by Crippen LogP contribution is 2.24. The largest absolute Gasteiger partial charge is 0.462 e. The van der Waals surface area contributed by atoms with E-state index in [-0.39, 0.29) is 19.4 Å². The van der Waals surface area contributed by atoms with E-state index in [9.17, 15) is 37.9 Å². The van der Waals surface area contributed by atoms with Crippen LogP contribution in [0, 0.1) is 0 Å². The molecule has 69 heavy (non-hydrogen) atoms. The number of aliphatic hydroxyl groups excluding tert-OH is 3. The number of carbonyl (C=O) groups excluding carboxylic acids is 2. The van der Waals surface area contributed by atoms with Crippen molar-refractivity contribution in [1.29, 1.82) is 0 Å². The highest BCUT2D eigenvalue weighted by atomic mass is 32.2. The van der Waals surface area contributed by atoms with Crippen molar-refractivity contribution in [1.82, 2.24) is 0 Å². The van der Waals surface area contributed by atoms with E-state index in [1.807, 2.05) is 0 Å². The van der Waals surface area contributed by atoms with Crippen LogP contribution in [0.5, 0.6) is 0 Å². The van der Waals surface area contributed by atoms with E-state index in [1.54, 1.807) is 0 Å². The number of carbonyl (C=O) groups is 2. The Morgan fingerprint density at radius 2 is 0.739 bits per heavy atom. The average Bonchev–Trinajstić information content (AvgIpc) is 3.32. The number of unbranched alkanes of at least 4 members (excludes halogenated alkanes) is 39. The Hall–Kier alpha value is -1.35. The minimum atomic E-state index is -4.60. The van der Waals surface area contributed by atoms with Gasteiger partial charge in [0.05, 0.1) is 6.61 Å². The van der Waals surface area contributed by atoms with Crippen LogP contribution in [0.15, 0.2) is 0 Å². The van der Waals surface area contributed by atoms with Crippen molar-refractivity contribution < 1.29 is 56.8 Å². The van der Waals surface area contributed by atoms with Crippen LogP contribution in [0.3, 0.4) is 0 Å². The fourth-order valence-electron chi connectivity index (χ4n) is 9.45. The molecular formula is C56H108O12S. The minimum absolute atomic E-state index is 0.173. The molecule has 0 aromatic carbocycles. The van der Waals surface area contributed by atoms with Crippen LogP contribution in [0.4, 0.5) is 0 Å². The molecule has 0 radical (unpaired) electrons. The predicted octanol–water partition coefficient (Wildman–Crippen LogP) is 14.0. The third-order valence-electron chi connectivity index (χ3n) is 13.9. The molecule has 0 aromatic rings. The molecule has 1 aliphatic rings. The summed E-state index contributed by atoms with van der Waals surface area (Å²) in [5.41, 5.74) is 0. The zero-order valence-corrected chi connectivity index (χ0v) is 45.3. The van der Waals surface area contributed by atoms with Gasteiger partial charge in [-0.15, -0.1) is 0 Å². The summed E-state index contributed by atoms with van der Waals surface area (Å²) in [4.78, 5) is 25.6. The van der Waals surface area contributed by atoms with E-state index in [1.165, 1.54) is 212 Å². The summed E-state index contributed by atoms with van der Waals surface area (Å²) in [6, 6.07) is 0. The molecule has 0 aromatic heterocycles. The first-order valence-corrected chi connectivity index (χ1v) is 30.7. The fourth-order valence-corrected chi connectivity index (χ4v) is 10.1. The van der Waals surface area contributed by atoms with E-state index >= 15 is 0 Å². The molecule has 1 rings (SSSR count). The summed E-state index contributed by atoms with van der Waals surface area (Å²) in [7, 11) is -4.60. The summed E-state index contributed by atoms with van der Waals surface area (Å²) in [5, 5.41) is 31.1. The number of hydrogen-bond acceptors (Lipinski definition) is 11. The first-order valence-electron chi connectivity index (χ1n) is 29.1. The Labute approximate surface area is 423 Å². The Kier molecular flexibility index (Phi) is 44.2. The van der Waals surface area contributed by atoms with Crippen molar-refractivity contribution in [3.05, 3.63) is 0 Å². The number of hydrogen-bond donors (Lipinski definition) is 4. The van der Waals surface area contributed by atoms with Crippen molar-refractivity contribution in [3.63, 3.8) is 0 Å². The maximum Gasteiger partial charge on any atom is 0.306 e. The number of ether oxygens (including phenoxy) is 4. The zero-order valence-electron chi connectivity index (χ0n) is 44.5. The normalized spacial score (nSPS) is 19.0. The summed E-state index contributed by atoms with van der Waals surface area (Å²) in [6.45, 7) is 3.84. The Morgan fingerprint density at radius 3 is 1.06 bits per heavy atom. The number of esters is 2. The maximum absolute atomic E-state index is 12.9. The molecule has 2 unspecified atom stereocenters. The fraction of sp³-hybridized carbons (Fsp3) is 0.964. The van der Waals surface area contributed by atoms with Gasteiger partial charge in [-0.25, -0.2) is 0 Å². The molecular weight excluding hydrogens is 897 g/mol. The lowest BCUT2D eigenvalue weighted by molar-refractivity contribution is -0.297. The highest BCUT2D eigenvalue weighted by molar-refractivity contribution is 7.85. The van der Waals surface area contributed by atoms with E-state index < -0.39 is 71.2 Å². The van der Waals surface area contributed by atoms with Crippen LogP contribution in [-0.4, -0.2) is 96.0 Å². The summed E-state index contributed by atoms with van der Waals surface area (Å²) >= 11 is 0. The van der Waals surface area contributed by atoms with Gasteiger partial charge in [0.25, 0.3) is 10.1 Å². The predicted molar refractivity (Wildman–Crippen MR) is 280 cm³/mol. The monoisotopic (exact) mass is 1000 g/mol. The average molecular weight is 1010 g/mol.